The molecule has 2 aromatic heterocycles. The van der Waals surface area contributed by atoms with Crippen LogP contribution in [-0.2, 0) is 23.8 Å². The maximum atomic E-state index is 12.4. The lowest BCUT2D eigenvalue weighted by Gasteiger charge is -2.19. The second-order valence-electron chi connectivity index (χ2n) is 7.65. The summed E-state index contributed by atoms with van der Waals surface area (Å²) >= 11 is 1.58. The number of methoxy groups -OCH3 is 2. The van der Waals surface area contributed by atoms with Gasteiger partial charge in [-0.3, -0.25) is 14.4 Å². The van der Waals surface area contributed by atoms with E-state index in [2.05, 4.69) is 9.47 Å². The number of amides is 2. The van der Waals surface area contributed by atoms with E-state index >= 15 is 0 Å². The molecule has 40 heavy (non-hydrogen) atoms. The van der Waals surface area contributed by atoms with Gasteiger partial charge >= 0.3 is 36.1 Å². The van der Waals surface area contributed by atoms with Crippen LogP contribution in [-0.4, -0.2) is 69.3 Å². The van der Waals surface area contributed by atoms with Gasteiger partial charge in [-0.1, -0.05) is 0 Å². The predicted octanol–water partition coefficient (Wildman–Crippen LogP) is 4.68. The third-order valence-electron chi connectivity index (χ3n) is 4.99. The van der Waals surface area contributed by atoms with E-state index in [0.717, 1.165) is 31.6 Å². The first kappa shape index (κ1) is 32.7. The van der Waals surface area contributed by atoms with Gasteiger partial charge in [-0.25, -0.2) is 9.59 Å². The van der Waals surface area contributed by atoms with Gasteiger partial charge in [-0.05, 0) is 30.4 Å². The number of hydrogen-bond donors (Lipinski definition) is 2. The smallest absolute Gasteiger partial charge is 0.465 e. The molecular formula is C22H20F6N2O8S2. The number of thiophene rings is 2. The maximum absolute atomic E-state index is 12.4. The van der Waals surface area contributed by atoms with E-state index in [1.807, 2.05) is 0 Å². The molecule has 0 atom stereocenters. The van der Waals surface area contributed by atoms with E-state index in [1.165, 1.54) is 11.4 Å². The Bertz CT molecular complexity index is 1250. The van der Waals surface area contributed by atoms with Crippen molar-refractivity contribution < 1.29 is 64.5 Å². The Kier molecular flexibility index (Phi) is 11.2. The number of hydrogen-bond acceptors (Lipinski definition) is 10. The molecule has 18 heteroatoms. The zero-order valence-corrected chi connectivity index (χ0v) is 22.1. The Morgan fingerprint density at radius 2 is 1.35 bits per heavy atom. The van der Waals surface area contributed by atoms with Crippen molar-refractivity contribution in [2.75, 3.05) is 38.1 Å². The van der Waals surface area contributed by atoms with Gasteiger partial charge in [0.1, 0.15) is 9.75 Å². The average molecular weight is 619 g/mol. The summed E-state index contributed by atoms with van der Waals surface area (Å²) in [5, 5.41) is 4.58. The summed E-state index contributed by atoms with van der Waals surface area (Å²) in [6, 6.07) is 2.28. The van der Waals surface area contributed by atoms with Gasteiger partial charge in [-0.2, -0.15) is 26.3 Å². The quantitative estimate of drug-likeness (QED) is 0.271. The largest absolute Gasteiger partial charge is 0.471 e. The Morgan fingerprint density at radius 3 is 1.85 bits per heavy atom. The lowest BCUT2D eigenvalue weighted by molar-refractivity contribution is -0.167. The van der Waals surface area contributed by atoms with E-state index in [9.17, 15) is 50.3 Å². The molecule has 1 saturated heterocycles. The van der Waals surface area contributed by atoms with Gasteiger partial charge in [-0.15, -0.1) is 22.7 Å². The molecule has 0 aromatic carbocycles. The topological polar surface area (TPSA) is 137 Å². The first-order chi connectivity index (χ1) is 18.6. The Labute approximate surface area is 229 Å². The van der Waals surface area contributed by atoms with E-state index in [-0.39, 0.29) is 37.7 Å². The Morgan fingerprint density at radius 1 is 0.850 bits per heavy atom. The molecule has 0 saturated carbocycles. The number of alkyl halides is 6. The third-order valence-corrected chi connectivity index (χ3v) is 7.01. The zero-order valence-electron chi connectivity index (χ0n) is 20.5. The molecule has 1 fully saturated rings. The molecule has 2 aromatic rings. The molecule has 2 N–H and O–H groups in total. The fourth-order valence-electron chi connectivity index (χ4n) is 3.06. The van der Waals surface area contributed by atoms with Crippen molar-refractivity contribution in [3.8, 4) is 0 Å². The highest BCUT2D eigenvalue weighted by atomic mass is 32.1. The van der Waals surface area contributed by atoms with Crippen LogP contribution in [0.4, 0.5) is 37.7 Å². The summed E-state index contributed by atoms with van der Waals surface area (Å²) in [7, 11) is 2.15. The number of anilines is 2. The standard InChI is InChI=1S/C14H14F3NO5S.C8H6F3NO3S/c1-22-12(20)11-8(18-13(21)14(15,16)17)6-9(24-11)10(19)7-2-4-23-5-3-7;1-15-6(13)5-4(2-3-16-5)12-7(14)8(9,10)11/h6-7H,2-5H2,1H3,(H,18,21);2-3H,1H3,(H,12,14). The van der Waals surface area contributed by atoms with Crippen LogP contribution in [0, 0.1) is 5.92 Å². The Balaban J connectivity index is 0.000000305. The number of halogens is 6. The molecule has 1 aliphatic heterocycles. The minimum Gasteiger partial charge on any atom is -0.465 e. The monoisotopic (exact) mass is 618 g/mol. The third kappa shape index (κ3) is 8.75. The molecule has 3 rings (SSSR count). The molecule has 3 heterocycles. The fraction of sp³-hybridized carbons (Fsp3) is 0.409. The lowest BCUT2D eigenvalue weighted by Crippen LogP contribution is -2.30. The molecule has 0 unspecified atom stereocenters. The number of Topliss-reactive ketones (excluding diaryl/α,β-unsaturated/α-hetero) is 1. The summed E-state index contributed by atoms with van der Waals surface area (Å²) in [6.45, 7) is 0.840. The van der Waals surface area contributed by atoms with Crippen LogP contribution in [0.2, 0.25) is 0 Å². The van der Waals surface area contributed by atoms with Gasteiger partial charge in [0, 0.05) is 19.1 Å². The van der Waals surface area contributed by atoms with Crippen LogP contribution in [0.3, 0.4) is 0 Å². The molecule has 0 aliphatic carbocycles. The SMILES string of the molecule is COC(=O)c1sc(C(=O)C2CCOCC2)cc1NC(=O)C(F)(F)F.COC(=O)c1sccc1NC(=O)C(F)(F)F. The van der Waals surface area contributed by atoms with Crippen LogP contribution in [0.15, 0.2) is 17.5 Å². The van der Waals surface area contributed by atoms with Gasteiger partial charge in [0.25, 0.3) is 0 Å². The van der Waals surface area contributed by atoms with Gasteiger partial charge in [0.2, 0.25) is 0 Å². The molecular weight excluding hydrogens is 598 g/mol. The van der Waals surface area contributed by atoms with Crippen molar-refractivity contribution in [2.24, 2.45) is 5.92 Å². The van der Waals surface area contributed by atoms with Crippen LogP contribution in [0.1, 0.15) is 41.9 Å². The number of ether oxygens (including phenoxy) is 3. The highest BCUT2D eigenvalue weighted by Gasteiger charge is 2.40. The molecule has 0 spiro atoms. The zero-order chi connectivity index (χ0) is 30.3. The number of carbonyl (C=O) groups is 5. The van der Waals surface area contributed by atoms with Crippen LogP contribution in [0.25, 0.3) is 0 Å². The van der Waals surface area contributed by atoms with E-state index in [4.69, 9.17) is 4.74 Å². The molecule has 0 radical (unpaired) electrons. The summed E-state index contributed by atoms with van der Waals surface area (Å²) in [5.41, 5.74) is -0.594. The summed E-state index contributed by atoms with van der Waals surface area (Å²) in [6.07, 6.45) is -9.11. The first-order valence-electron chi connectivity index (χ1n) is 10.9. The number of esters is 2. The van der Waals surface area contributed by atoms with E-state index in [1.54, 1.807) is 10.6 Å². The predicted molar refractivity (Wildman–Crippen MR) is 129 cm³/mol. The summed E-state index contributed by atoms with van der Waals surface area (Å²) in [4.78, 5) is 56.7. The maximum Gasteiger partial charge on any atom is 0.471 e. The number of nitrogens with one attached hydrogen (secondary N) is 2. The van der Waals surface area contributed by atoms with Crippen molar-refractivity contribution in [2.45, 2.75) is 25.2 Å². The van der Waals surface area contributed by atoms with Crippen molar-refractivity contribution in [1.29, 1.82) is 0 Å². The number of rotatable bonds is 6. The van der Waals surface area contributed by atoms with Crippen LogP contribution < -0.4 is 10.6 Å². The Hall–Kier alpha value is -3.51. The van der Waals surface area contributed by atoms with Crippen molar-refractivity contribution in [3.63, 3.8) is 0 Å². The molecule has 0 bridgehead atoms. The highest BCUT2D eigenvalue weighted by Crippen LogP contribution is 2.33. The van der Waals surface area contributed by atoms with Crippen molar-refractivity contribution >= 4 is 63.6 Å². The minimum atomic E-state index is -5.11. The summed E-state index contributed by atoms with van der Waals surface area (Å²) in [5.74, 6) is -6.70. The molecule has 220 valence electrons. The van der Waals surface area contributed by atoms with Gasteiger partial charge in [0.05, 0.1) is 30.5 Å². The minimum absolute atomic E-state index is 0.0832. The van der Waals surface area contributed by atoms with Crippen LogP contribution >= 0.6 is 22.7 Å². The fourth-order valence-corrected chi connectivity index (χ4v) is 4.87. The molecule has 10 nitrogen and oxygen atoms in total. The first-order valence-corrected chi connectivity index (χ1v) is 12.6. The molecule has 1 aliphatic rings. The second-order valence-corrected chi connectivity index (χ2v) is 9.62. The normalized spacial score (nSPS) is 13.9. The highest BCUT2D eigenvalue weighted by molar-refractivity contribution is 7.16. The van der Waals surface area contributed by atoms with Crippen molar-refractivity contribution in [3.05, 3.63) is 32.1 Å². The number of ketones is 1. The second kappa shape index (κ2) is 13.7. The average Bonchev–Trinajstić information content (AvgIpc) is 3.54. The van der Waals surface area contributed by atoms with Crippen molar-refractivity contribution in [1.82, 2.24) is 0 Å². The van der Waals surface area contributed by atoms with E-state index in [0.29, 0.717) is 37.4 Å². The van der Waals surface area contributed by atoms with E-state index < -0.39 is 36.1 Å². The van der Waals surface area contributed by atoms with Gasteiger partial charge < -0.3 is 24.8 Å². The van der Waals surface area contributed by atoms with Crippen LogP contribution in [0.5, 0.6) is 0 Å². The summed E-state index contributed by atoms with van der Waals surface area (Å²) < 4.78 is 87.0. The number of carbonyl (C=O) groups excluding carboxylic acids is 5. The molecule has 2 amide bonds. The van der Waals surface area contributed by atoms with Gasteiger partial charge in [0.15, 0.2) is 5.78 Å². The lowest BCUT2D eigenvalue weighted by atomic mass is 9.94.